The van der Waals surface area contributed by atoms with Gasteiger partial charge < -0.3 is 5.32 Å². The van der Waals surface area contributed by atoms with Gasteiger partial charge in [-0.05, 0) is 68.2 Å². The lowest BCUT2D eigenvalue weighted by molar-refractivity contribution is 0.428. The van der Waals surface area contributed by atoms with E-state index in [2.05, 4.69) is 37.5 Å². The minimum atomic E-state index is 0.612. The minimum Gasteiger partial charge on any atom is -0.316 e. The van der Waals surface area contributed by atoms with Crippen LogP contribution < -0.4 is 5.32 Å². The van der Waals surface area contributed by atoms with Crippen molar-refractivity contribution in [1.29, 1.82) is 0 Å². The molecule has 2 saturated carbocycles. The van der Waals surface area contributed by atoms with Crippen LogP contribution in [0.4, 0.5) is 0 Å². The highest BCUT2D eigenvalue weighted by atomic mass is 35.5. The first-order valence-corrected chi connectivity index (χ1v) is 7.51. The molecule has 3 rings (SSSR count). The highest BCUT2D eigenvalue weighted by molar-refractivity contribution is 6.31. The van der Waals surface area contributed by atoms with E-state index in [4.69, 9.17) is 11.6 Å². The minimum absolute atomic E-state index is 0.612. The van der Waals surface area contributed by atoms with E-state index in [1.54, 1.807) is 0 Å². The largest absolute Gasteiger partial charge is 0.316 e. The van der Waals surface area contributed by atoms with Gasteiger partial charge in [0.15, 0.2) is 0 Å². The Morgan fingerprint density at radius 3 is 2.67 bits per heavy atom. The van der Waals surface area contributed by atoms with Gasteiger partial charge in [0, 0.05) is 11.1 Å². The van der Waals surface area contributed by atoms with Gasteiger partial charge >= 0.3 is 0 Å². The lowest BCUT2D eigenvalue weighted by Crippen LogP contribution is -2.31. The van der Waals surface area contributed by atoms with Gasteiger partial charge in [-0.3, -0.25) is 0 Å². The van der Waals surface area contributed by atoms with Gasteiger partial charge in [-0.15, -0.1) is 0 Å². The Labute approximate surface area is 115 Å². The molecule has 3 atom stereocenters. The normalized spacial score (nSPS) is 31.2. The Kier molecular flexibility index (Phi) is 3.38. The van der Waals surface area contributed by atoms with Crippen LogP contribution in [0.25, 0.3) is 0 Å². The highest BCUT2D eigenvalue weighted by Crippen LogP contribution is 2.59. The van der Waals surface area contributed by atoms with Gasteiger partial charge in [0.2, 0.25) is 0 Å². The topological polar surface area (TPSA) is 12.0 Å². The van der Waals surface area contributed by atoms with E-state index in [1.807, 2.05) is 0 Å². The van der Waals surface area contributed by atoms with Crippen LogP contribution >= 0.6 is 11.6 Å². The lowest BCUT2D eigenvalue weighted by atomic mass is 9.97. The van der Waals surface area contributed by atoms with Gasteiger partial charge in [-0.25, -0.2) is 0 Å². The van der Waals surface area contributed by atoms with Crippen molar-refractivity contribution in [3.63, 3.8) is 0 Å². The van der Waals surface area contributed by atoms with Crippen molar-refractivity contribution in [3.05, 3.63) is 34.3 Å². The molecule has 0 heterocycles. The van der Waals surface area contributed by atoms with Gasteiger partial charge in [-0.2, -0.15) is 0 Å². The second-order valence-electron chi connectivity index (χ2n) is 6.03. The SMILES string of the molecule is CNC(Cc1ccc(C)cc1Cl)C1C2CCCC21. The number of nitrogens with one attached hydrogen (secondary N) is 1. The number of rotatable bonds is 4. The predicted molar refractivity (Wildman–Crippen MR) is 77.1 cm³/mol. The molecule has 1 aromatic carbocycles. The number of fused-ring (bicyclic) bond motifs is 1. The van der Waals surface area contributed by atoms with Crippen molar-refractivity contribution in [3.8, 4) is 0 Å². The molecule has 1 N–H and O–H groups in total. The zero-order valence-electron chi connectivity index (χ0n) is 11.2. The Bertz CT molecular complexity index is 433. The van der Waals surface area contributed by atoms with Gasteiger partial charge in [0.05, 0.1) is 0 Å². The van der Waals surface area contributed by atoms with Crippen molar-refractivity contribution in [2.45, 2.75) is 38.6 Å². The lowest BCUT2D eigenvalue weighted by Gasteiger charge is -2.19. The van der Waals surface area contributed by atoms with E-state index in [0.29, 0.717) is 6.04 Å². The number of likely N-dealkylation sites (N-methyl/N-ethyl adjacent to an activating group) is 1. The molecule has 2 aliphatic carbocycles. The summed E-state index contributed by atoms with van der Waals surface area (Å²) < 4.78 is 0. The molecule has 3 unspecified atom stereocenters. The third kappa shape index (κ3) is 2.19. The predicted octanol–water partition coefficient (Wildman–Crippen LogP) is 3.83. The molecule has 0 bridgehead atoms. The number of aryl methyl sites for hydroxylation is 1. The van der Waals surface area contributed by atoms with E-state index >= 15 is 0 Å². The van der Waals surface area contributed by atoms with E-state index in [0.717, 1.165) is 29.2 Å². The summed E-state index contributed by atoms with van der Waals surface area (Å²) in [5, 5.41) is 4.46. The quantitative estimate of drug-likeness (QED) is 0.871. The summed E-state index contributed by atoms with van der Waals surface area (Å²) in [6.07, 6.45) is 5.44. The van der Waals surface area contributed by atoms with Crippen LogP contribution in [0.5, 0.6) is 0 Å². The van der Waals surface area contributed by atoms with Crippen LogP contribution in [0, 0.1) is 24.7 Å². The smallest absolute Gasteiger partial charge is 0.0441 e. The van der Waals surface area contributed by atoms with Crippen molar-refractivity contribution in [2.75, 3.05) is 7.05 Å². The van der Waals surface area contributed by atoms with Crippen LogP contribution in [0.15, 0.2) is 18.2 Å². The Hall–Kier alpha value is -0.530. The van der Waals surface area contributed by atoms with Gasteiger partial charge in [0.1, 0.15) is 0 Å². The zero-order chi connectivity index (χ0) is 12.7. The first-order chi connectivity index (χ1) is 8.70. The molecule has 1 nitrogen and oxygen atoms in total. The Morgan fingerprint density at radius 2 is 2.06 bits per heavy atom. The van der Waals surface area contributed by atoms with E-state index < -0.39 is 0 Å². The second kappa shape index (κ2) is 4.86. The molecule has 2 aliphatic rings. The van der Waals surface area contributed by atoms with Gasteiger partial charge in [0.25, 0.3) is 0 Å². The fourth-order valence-corrected chi connectivity index (χ4v) is 4.27. The van der Waals surface area contributed by atoms with Crippen LogP contribution in [0.3, 0.4) is 0 Å². The van der Waals surface area contributed by atoms with Crippen LogP contribution in [0.1, 0.15) is 30.4 Å². The zero-order valence-corrected chi connectivity index (χ0v) is 12.0. The molecular weight excluding hydrogens is 242 g/mol. The Balaban J connectivity index is 1.70. The maximum absolute atomic E-state index is 6.35. The molecule has 0 spiro atoms. The molecule has 98 valence electrons. The van der Waals surface area contributed by atoms with E-state index in [-0.39, 0.29) is 0 Å². The maximum atomic E-state index is 6.35. The van der Waals surface area contributed by atoms with Crippen molar-refractivity contribution < 1.29 is 0 Å². The number of hydrogen-bond acceptors (Lipinski definition) is 1. The standard InChI is InChI=1S/C16H22ClN/c1-10-6-7-11(14(17)8-10)9-15(18-2)16-12-4-3-5-13(12)16/h6-8,12-13,15-16,18H,3-5,9H2,1-2H3. The first kappa shape index (κ1) is 12.5. The van der Waals surface area contributed by atoms with E-state index in [9.17, 15) is 0 Å². The molecule has 18 heavy (non-hydrogen) atoms. The van der Waals surface area contributed by atoms with Crippen molar-refractivity contribution in [1.82, 2.24) is 5.32 Å². The second-order valence-corrected chi connectivity index (χ2v) is 6.44. The van der Waals surface area contributed by atoms with Crippen LogP contribution in [0.2, 0.25) is 5.02 Å². The summed E-state index contributed by atoms with van der Waals surface area (Å²) in [6, 6.07) is 7.06. The van der Waals surface area contributed by atoms with Gasteiger partial charge in [-0.1, -0.05) is 30.2 Å². The fraction of sp³-hybridized carbons (Fsp3) is 0.625. The number of halogens is 1. The number of hydrogen-bond donors (Lipinski definition) is 1. The molecule has 0 saturated heterocycles. The molecule has 0 radical (unpaired) electrons. The number of benzene rings is 1. The average molecular weight is 264 g/mol. The van der Waals surface area contributed by atoms with E-state index in [1.165, 1.54) is 30.4 Å². The molecule has 1 aromatic rings. The molecule has 2 heteroatoms. The average Bonchev–Trinajstić information content (AvgIpc) is 2.82. The highest BCUT2D eigenvalue weighted by Gasteiger charge is 2.55. The summed E-state index contributed by atoms with van der Waals surface area (Å²) in [5.41, 5.74) is 2.54. The molecular formula is C16H22ClN. The van der Waals surface area contributed by atoms with Crippen molar-refractivity contribution in [2.24, 2.45) is 17.8 Å². The third-order valence-electron chi connectivity index (χ3n) is 4.96. The van der Waals surface area contributed by atoms with Crippen molar-refractivity contribution >= 4 is 11.6 Å². The third-order valence-corrected chi connectivity index (χ3v) is 5.31. The van der Waals surface area contributed by atoms with Crippen LogP contribution in [-0.2, 0) is 6.42 Å². The molecule has 0 amide bonds. The summed E-state index contributed by atoms with van der Waals surface area (Å²) in [5.74, 6) is 2.92. The summed E-state index contributed by atoms with van der Waals surface area (Å²) >= 11 is 6.35. The summed E-state index contributed by atoms with van der Waals surface area (Å²) in [7, 11) is 2.10. The summed E-state index contributed by atoms with van der Waals surface area (Å²) in [4.78, 5) is 0. The molecule has 2 fully saturated rings. The maximum Gasteiger partial charge on any atom is 0.0441 e. The Morgan fingerprint density at radius 1 is 1.33 bits per heavy atom. The molecule has 0 aromatic heterocycles. The first-order valence-electron chi connectivity index (χ1n) is 7.13. The monoisotopic (exact) mass is 263 g/mol. The molecule has 0 aliphatic heterocycles. The fourth-order valence-electron chi connectivity index (χ4n) is 3.96. The summed E-state index contributed by atoms with van der Waals surface area (Å²) in [6.45, 7) is 2.09. The van der Waals surface area contributed by atoms with Crippen LogP contribution in [-0.4, -0.2) is 13.1 Å².